The molecule has 1 N–H and O–H groups in total. The first-order valence-electron chi connectivity index (χ1n) is 10.2. The van der Waals surface area contributed by atoms with Crippen molar-refractivity contribution in [2.75, 3.05) is 13.1 Å². The number of amides is 1. The van der Waals surface area contributed by atoms with E-state index in [2.05, 4.69) is 51.3 Å². The molecule has 0 spiro atoms. The van der Waals surface area contributed by atoms with E-state index >= 15 is 0 Å². The molecule has 158 valence electrons. The number of nitrogens with one attached hydrogen (secondary N) is 1. The van der Waals surface area contributed by atoms with Gasteiger partial charge < -0.3 is 19.4 Å². The number of benzene rings is 1. The van der Waals surface area contributed by atoms with Gasteiger partial charge in [-0.2, -0.15) is 0 Å². The fourth-order valence-corrected chi connectivity index (χ4v) is 4.31. The number of carbonyl (C=O) groups is 1. The number of hydrogen-bond acceptors (Lipinski definition) is 4. The molecular weight excluding hydrogens is 368 g/mol. The van der Waals surface area contributed by atoms with Crippen LogP contribution < -0.4 is 5.32 Å². The highest BCUT2D eigenvalue weighted by Gasteiger charge is 2.45. The predicted octanol–water partition coefficient (Wildman–Crippen LogP) is 4.79. The Kier molecular flexibility index (Phi) is 7.00. The summed E-state index contributed by atoms with van der Waals surface area (Å²) >= 11 is 0. The molecule has 0 saturated carbocycles. The second-order valence-electron chi connectivity index (χ2n) is 10.3. The summed E-state index contributed by atoms with van der Waals surface area (Å²) in [5, 5.41) is 3.74. The Labute approximate surface area is 171 Å². The van der Waals surface area contributed by atoms with Crippen LogP contribution in [0.4, 0.5) is 4.79 Å². The molecule has 0 bridgehead atoms. The Morgan fingerprint density at radius 3 is 2.25 bits per heavy atom. The maximum absolute atomic E-state index is 12.6. The smallest absolute Gasteiger partial charge is 0.410 e. The van der Waals surface area contributed by atoms with Gasteiger partial charge in [-0.15, -0.1) is 0 Å². The van der Waals surface area contributed by atoms with Crippen molar-refractivity contribution in [1.29, 1.82) is 0 Å². The van der Waals surface area contributed by atoms with Crippen molar-refractivity contribution in [3.05, 3.63) is 35.9 Å². The molecule has 5 nitrogen and oxygen atoms in total. The van der Waals surface area contributed by atoms with E-state index in [4.69, 9.17) is 9.16 Å². The topological polar surface area (TPSA) is 50.8 Å². The van der Waals surface area contributed by atoms with Gasteiger partial charge in [-0.1, -0.05) is 51.1 Å². The maximum atomic E-state index is 12.6. The predicted molar refractivity (Wildman–Crippen MR) is 117 cm³/mol. The summed E-state index contributed by atoms with van der Waals surface area (Å²) in [5.74, 6) is 0. The Hall–Kier alpha value is -1.37. The number of nitrogens with zero attached hydrogens (tertiary/aromatic N) is 1. The van der Waals surface area contributed by atoms with Crippen molar-refractivity contribution in [1.82, 2.24) is 10.2 Å². The molecule has 28 heavy (non-hydrogen) atoms. The molecule has 2 rings (SSSR count). The van der Waals surface area contributed by atoms with Crippen LogP contribution in [0.3, 0.4) is 0 Å². The van der Waals surface area contributed by atoms with Gasteiger partial charge in [0.2, 0.25) is 0 Å². The van der Waals surface area contributed by atoms with Crippen LogP contribution in [0.15, 0.2) is 30.3 Å². The van der Waals surface area contributed by atoms with Crippen molar-refractivity contribution in [2.45, 2.75) is 84.0 Å². The number of rotatable bonds is 5. The van der Waals surface area contributed by atoms with Crippen molar-refractivity contribution in [3.63, 3.8) is 0 Å². The van der Waals surface area contributed by atoms with Crippen LogP contribution in [0.2, 0.25) is 18.1 Å². The molecule has 1 heterocycles. The number of ether oxygens (including phenoxy) is 1. The van der Waals surface area contributed by atoms with E-state index in [-0.39, 0.29) is 23.3 Å². The molecule has 1 saturated heterocycles. The van der Waals surface area contributed by atoms with Crippen molar-refractivity contribution in [2.24, 2.45) is 0 Å². The summed E-state index contributed by atoms with van der Waals surface area (Å²) in [6.45, 7) is 18.9. The average molecular weight is 407 g/mol. The Balaban J connectivity index is 2.11. The van der Waals surface area contributed by atoms with E-state index in [0.717, 1.165) is 6.54 Å². The second kappa shape index (κ2) is 8.55. The third-order valence-electron chi connectivity index (χ3n) is 5.58. The summed E-state index contributed by atoms with van der Waals surface area (Å²) in [5.41, 5.74) is 0.729. The maximum Gasteiger partial charge on any atom is 0.410 e. The van der Waals surface area contributed by atoms with Gasteiger partial charge in [-0.3, -0.25) is 0 Å². The van der Waals surface area contributed by atoms with Gasteiger partial charge in [-0.25, -0.2) is 4.79 Å². The first-order chi connectivity index (χ1) is 12.8. The first-order valence-corrected chi connectivity index (χ1v) is 13.1. The van der Waals surface area contributed by atoms with E-state index in [0.29, 0.717) is 13.1 Å². The van der Waals surface area contributed by atoms with Gasteiger partial charge in [0.1, 0.15) is 5.60 Å². The van der Waals surface area contributed by atoms with E-state index < -0.39 is 13.9 Å². The molecule has 2 atom stereocenters. The number of carbonyl (C=O) groups excluding carboxylic acids is 1. The fraction of sp³-hybridized carbons (Fsp3) is 0.682. The van der Waals surface area contributed by atoms with Crippen LogP contribution in [0, 0.1) is 0 Å². The minimum Gasteiger partial charge on any atom is -0.444 e. The summed E-state index contributed by atoms with van der Waals surface area (Å²) < 4.78 is 12.3. The molecular formula is C22H38N2O3Si. The summed E-state index contributed by atoms with van der Waals surface area (Å²) in [6, 6.07) is 10.4. The van der Waals surface area contributed by atoms with Gasteiger partial charge in [0.05, 0.1) is 18.7 Å². The van der Waals surface area contributed by atoms with Gasteiger partial charge in [0.25, 0.3) is 0 Å². The van der Waals surface area contributed by atoms with Crippen LogP contribution in [0.25, 0.3) is 0 Å². The zero-order valence-corrected chi connectivity index (χ0v) is 19.8. The highest BCUT2D eigenvalue weighted by atomic mass is 28.4. The lowest BCUT2D eigenvalue weighted by atomic mass is 10.2. The molecule has 6 heteroatoms. The van der Waals surface area contributed by atoms with Gasteiger partial charge >= 0.3 is 6.09 Å². The first kappa shape index (κ1) is 22.9. The minimum absolute atomic E-state index is 0.0304. The van der Waals surface area contributed by atoms with Crippen LogP contribution >= 0.6 is 0 Å². The average Bonchev–Trinajstić information content (AvgIpc) is 2.94. The van der Waals surface area contributed by atoms with Crippen LogP contribution in [0.5, 0.6) is 0 Å². The molecule has 0 radical (unpaired) electrons. The molecule has 0 aromatic heterocycles. The van der Waals surface area contributed by atoms with Gasteiger partial charge in [0, 0.05) is 13.1 Å². The molecule has 1 aliphatic heterocycles. The molecule has 1 fully saturated rings. The van der Waals surface area contributed by atoms with Crippen LogP contribution in [-0.2, 0) is 15.7 Å². The second-order valence-corrected chi connectivity index (χ2v) is 15.0. The highest BCUT2D eigenvalue weighted by molar-refractivity contribution is 6.74. The quantitative estimate of drug-likeness (QED) is 0.715. The lowest BCUT2D eigenvalue weighted by molar-refractivity contribution is 0.0272. The summed E-state index contributed by atoms with van der Waals surface area (Å²) in [6.07, 6.45) is -0.294. The minimum atomic E-state index is -1.95. The van der Waals surface area contributed by atoms with Crippen molar-refractivity contribution < 1.29 is 14.0 Å². The van der Waals surface area contributed by atoms with Crippen LogP contribution in [0.1, 0.15) is 47.1 Å². The zero-order chi connectivity index (χ0) is 21.2. The van der Waals surface area contributed by atoms with E-state index in [1.165, 1.54) is 5.56 Å². The molecule has 1 amide bonds. The van der Waals surface area contributed by atoms with E-state index in [9.17, 15) is 4.79 Å². The largest absolute Gasteiger partial charge is 0.444 e. The van der Waals surface area contributed by atoms with Crippen LogP contribution in [-0.4, -0.2) is 50.1 Å². The third-order valence-corrected chi connectivity index (χ3v) is 10.1. The third kappa shape index (κ3) is 6.32. The number of hydrogen-bond donors (Lipinski definition) is 1. The SMILES string of the molecule is CC(C)(C)OC(=O)N1CC(NCc2ccccc2)C(O[Si](C)(C)C(C)(C)C)C1. The lowest BCUT2D eigenvalue weighted by Gasteiger charge is -2.39. The number of likely N-dealkylation sites (tertiary alicyclic amines) is 1. The zero-order valence-electron chi connectivity index (χ0n) is 18.8. The lowest BCUT2D eigenvalue weighted by Crippen LogP contribution is -2.50. The summed E-state index contributed by atoms with van der Waals surface area (Å²) in [7, 11) is -1.95. The van der Waals surface area contributed by atoms with Gasteiger partial charge in [0.15, 0.2) is 8.32 Å². The van der Waals surface area contributed by atoms with Gasteiger partial charge in [-0.05, 0) is 44.5 Å². The summed E-state index contributed by atoms with van der Waals surface area (Å²) in [4.78, 5) is 14.4. The Bertz CT molecular complexity index is 650. The molecule has 0 aliphatic carbocycles. The molecule has 1 aromatic carbocycles. The van der Waals surface area contributed by atoms with Crippen molar-refractivity contribution >= 4 is 14.4 Å². The standard InChI is InChI=1S/C22H38N2O3Si/c1-21(2,3)26-20(25)24-15-18(23-14-17-12-10-9-11-13-17)19(16-24)27-28(7,8)22(4,5)6/h9-13,18-19,23H,14-16H2,1-8H3. The molecule has 1 aromatic rings. The Morgan fingerprint density at radius 1 is 1.11 bits per heavy atom. The monoisotopic (exact) mass is 406 g/mol. The van der Waals surface area contributed by atoms with E-state index in [1.807, 2.05) is 39.0 Å². The van der Waals surface area contributed by atoms with E-state index in [1.54, 1.807) is 4.90 Å². The molecule has 1 aliphatic rings. The molecule has 2 unspecified atom stereocenters. The van der Waals surface area contributed by atoms with Crippen molar-refractivity contribution in [3.8, 4) is 0 Å². The fourth-order valence-electron chi connectivity index (χ4n) is 2.96. The highest BCUT2D eigenvalue weighted by Crippen LogP contribution is 2.38. The normalized spacial score (nSPS) is 21.1. The Morgan fingerprint density at radius 2 is 1.71 bits per heavy atom.